The first-order valence-electron chi connectivity index (χ1n) is 5.62. The van der Waals surface area contributed by atoms with Gasteiger partial charge in [-0.25, -0.2) is 0 Å². The van der Waals surface area contributed by atoms with E-state index in [1.165, 1.54) is 22.3 Å². The van der Waals surface area contributed by atoms with Crippen molar-refractivity contribution in [2.45, 2.75) is 20.8 Å². The van der Waals surface area contributed by atoms with Crippen molar-refractivity contribution in [1.29, 1.82) is 0 Å². The number of halogens is 1. The number of benzene rings is 2. The molecule has 0 atom stereocenters. The van der Waals surface area contributed by atoms with E-state index in [2.05, 4.69) is 32.9 Å². The van der Waals surface area contributed by atoms with Crippen LogP contribution in [0, 0.1) is 20.8 Å². The molecule has 0 spiro atoms. The lowest BCUT2D eigenvalue weighted by atomic mass is 9.94. The summed E-state index contributed by atoms with van der Waals surface area (Å²) >= 11 is 5.95. The maximum absolute atomic E-state index is 5.95. The molecule has 2 aromatic rings. The van der Waals surface area contributed by atoms with Crippen molar-refractivity contribution in [2.24, 2.45) is 0 Å². The molecule has 0 fully saturated rings. The smallest absolute Gasteiger partial charge is 0.0635 e. The zero-order valence-corrected chi connectivity index (χ0v) is 11.1. The van der Waals surface area contributed by atoms with Gasteiger partial charge in [-0.3, -0.25) is 0 Å². The van der Waals surface area contributed by atoms with E-state index in [1.54, 1.807) is 0 Å². The van der Waals surface area contributed by atoms with E-state index in [-0.39, 0.29) is 0 Å². The molecule has 0 radical (unpaired) electrons. The molecule has 0 aliphatic rings. The van der Waals surface area contributed by atoms with Crippen LogP contribution in [0.4, 0.5) is 5.69 Å². The average molecular weight is 246 g/mol. The molecule has 17 heavy (non-hydrogen) atoms. The Morgan fingerprint density at radius 1 is 0.941 bits per heavy atom. The van der Waals surface area contributed by atoms with Gasteiger partial charge in [-0.05, 0) is 55.2 Å². The SMILES string of the molecule is Cc1cc(C)c(-c2ccc(Cl)c(N)c2)c(C)c1. The van der Waals surface area contributed by atoms with Crippen molar-refractivity contribution in [3.05, 3.63) is 52.0 Å². The van der Waals surface area contributed by atoms with Crippen LogP contribution in [-0.4, -0.2) is 0 Å². The zero-order valence-electron chi connectivity index (χ0n) is 10.3. The molecule has 1 nitrogen and oxygen atoms in total. The van der Waals surface area contributed by atoms with Crippen LogP contribution in [0.25, 0.3) is 11.1 Å². The fourth-order valence-corrected chi connectivity index (χ4v) is 2.45. The number of nitrogen functional groups attached to an aromatic ring is 1. The highest BCUT2D eigenvalue weighted by Gasteiger charge is 2.07. The molecule has 0 aromatic heterocycles. The third kappa shape index (κ3) is 2.29. The van der Waals surface area contributed by atoms with Crippen molar-refractivity contribution < 1.29 is 0 Å². The van der Waals surface area contributed by atoms with Crippen molar-refractivity contribution in [1.82, 2.24) is 0 Å². The van der Waals surface area contributed by atoms with E-state index in [1.807, 2.05) is 18.2 Å². The first kappa shape index (κ1) is 12.0. The number of anilines is 1. The third-order valence-electron chi connectivity index (χ3n) is 2.96. The molecule has 0 aliphatic carbocycles. The molecule has 0 unspecified atom stereocenters. The Morgan fingerprint density at radius 3 is 2.06 bits per heavy atom. The van der Waals surface area contributed by atoms with Crippen molar-refractivity contribution >= 4 is 17.3 Å². The fraction of sp³-hybridized carbons (Fsp3) is 0.200. The zero-order chi connectivity index (χ0) is 12.6. The number of rotatable bonds is 1. The maximum atomic E-state index is 5.95. The second-order valence-electron chi connectivity index (χ2n) is 4.51. The van der Waals surface area contributed by atoms with Gasteiger partial charge in [0.05, 0.1) is 10.7 Å². The van der Waals surface area contributed by atoms with Gasteiger partial charge in [-0.1, -0.05) is 35.4 Å². The lowest BCUT2D eigenvalue weighted by molar-refractivity contribution is 1.32. The molecule has 2 heteroatoms. The summed E-state index contributed by atoms with van der Waals surface area (Å²) in [5.41, 5.74) is 12.7. The number of hydrogen-bond acceptors (Lipinski definition) is 1. The Labute approximate surface area is 107 Å². The summed E-state index contributed by atoms with van der Waals surface area (Å²) in [6.45, 7) is 6.36. The van der Waals surface area contributed by atoms with Gasteiger partial charge in [0.1, 0.15) is 0 Å². The Bertz CT molecular complexity index is 550. The molecule has 2 aromatic carbocycles. The van der Waals surface area contributed by atoms with E-state index < -0.39 is 0 Å². The van der Waals surface area contributed by atoms with E-state index in [0.717, 1.165) is 5.56 Å². The fourth-order valence-electron chi connectivity index (χ4n) is 2.33. The summed E-state index contributed by atoms with van der Waals surface area (Å²) in [5, 5.41) is 0.608. The highest BCUT2D eigenvalue weighted by Crippen LogP contribution is 2.31. The Kier molecular flexibility index (Phi) is 3.12. The largest absolute Gasteiger partial charge is 0.398 e. The third-order valence-corrected chi connectivity index (χ3v) is 3.31. The van der Waals surface area contributed by atoms with Gasteiger partial charge in [0.25, 0.3) is 0 Å². The predicted octanol–water partition coefficient (Wildman–Crippen LogP) is 4.51. The lowest BCUT2D eigenvalue weighted by Gasteiger charge is -2.12. The quantitative estimate of drug-likeness (QED) is 0.735. The topological polar surface area (TPSA) is 26.0 Å². The van der Waals surface area contributed by atoms with Gasteiger partial charge < -0.3 is 5.73 Å². The average Bonchev–Trinajstić information content (AvgIpc) is 2.21. The summed E-state index contributed by atoms with van der Waals surface area (Å²) in [6.07, 6.45) is 0. The second-order valence-corrected chi connectivity index (χ2v) is 4.92. The summed E-state index contributed by atoms with van der Waals surface area (Å²) in [5.74, 6) is 0. The summed E-state index contributed by atoms with van der Waals surface area (Å²) < 4.78 is 0. The van der Waals surface area contributed by atoms with Crippen molar-refractivity contribution in [3.63, 3.8) is 0 Å². The molecule has 0 heterocycles. The lowest BCUT2D eigenvalue weighted by Crippen LogP contribution is -1.92. The van der Waals surface area contributed by atoms with Gasteiger partial charge in [0.2, 0.25) is 0 Å². The first-order valence-corrected chi connectivity index (χ1v) is 6.00. The molecule has 2 rings (SSSR count). The van der Waals surface area contributed by atoms with Crippen molar-refractivity contribution in [3.8, 4) is 11.1 Å². The molecule has 0 saturated heterocycles. The minimum absolute atomic E-state index is 0.608. The van der Waals surface area contributed by atoms with E-state index in [0.29, 0.717) is 10.7 Å². The monoisotopic (exact) mass is 245 g/mol. The van der Waals surface area contributed by atoms with Crippen LogP contribution >= 0.6 is 11.6 Å². The van der Waals surface area contributed by atoms with Gasteiger partial charge >= 0.3 is 0 Å². The normalized spacial score (nSPS) is 10.6. The van der Waals surface area contributed by atoms with Gasteiger partial charge in [-0.2, -0.15) is 0 Å². The highest BCUT2D eigenvalue weighted by molar-refractivity contribution is 6.33. The molecule has 88 valence electrons. The molecule has 0 amide bonds. The second kappa shape index (κ2) is 4.42. The molecule has 0 aliphatic heterocycles. The van der Waals surface area contributed by atoms with Gasteiger partial charge in [0.15, 0.2) is 0 Å². The van der Waals surface area contributed by atoms with Crippen LogP contribution in [0.5, 0.6) is 0 Å². The molecular formula is C15H16ClN. The van der Waals surface area contributed by atoms with E-state index in [4.69, 9.17) is 17.3 Å². The van der Waals surface area contributed by atoms with Crippen LogP contribution in [-0.2, 0) is 0 Å². The van der Waals surface area contributed by atoms with Gasteiger partial charge in [-0.15, -0.1) is 0 Å². The molecule has 0 saturated carbocycles. The summed E-state index contributed by atoms with van der Waals surface area (Å²) in [4.78, 5) is 0. The Balaban J connectivity index is 2.64. The van der Waals surface area contributed by atoms with Crippen LogP contribution < -0.4 is 5.73 Å². The van der Waals surface area contributed by atoms with Crippen LogP contribution in [0.1, 0.15) is 16.7 Å². The predicted molar refractivity (Wildman–Crippen MR) is 75.5 cm³/mol. The first-order chi connectivity index (χ1) is 7.99. The Hall–Kier alpha value is -1.47. The number of hydrogen-bond donors (Lipinski definition) is 1. The van der Waals surface area contributed by atoms with Crippen LogP contribution in [0.15, 0.2) is 30.3 Å². The Morgan fingerprint density at radius 2 is 1.53 bits per heavy atom. The number of aryl methyl sites for hydroxylation is 3. The van der Waals surface area contributed by atoms with E-state index in [9.17, 15) is 0 Å². The minimum Gasteiger partial charge on any atom is -0.398 e. The molecule has 0 bridgehead atoms. The maximum Gasteiger partial charge on any atom is 0.0635 e. The van der Waals surface area contributed by atoms with E-state index >= 15 is 0 Å². The summed E-state index contributed by atoms with van der Waals surface area (Å²) in [6, 6.07) is 10.2. The van der Waals surface area contributed by atoms with Crippen LogP contribution in [0.2, 0.25) is 5.02 Å². The molecule has 2 N–H and O–H groups in total. The van der Waals surface area contributed by atoms with Crippen molar-refractivity contribution in [2.75, 3.05) is 5.73 Å². The van der Waals surface area contributed by atoms with Gasteiger partial charge in [0, 0.05) is 0 Å². The van der Waals surface area contributed by atoms with Crippen LogP contribution in [0.3, 0.4) is 0 Å². The highest BCUT2D eigenvalue weighted by atomic mass is 35.5. The summed E-state index contributed by atoms with van der Waals surface area (Å²) in [7, 11) is 0. The molecular weight excluding hydrogens is 230 g/mol. The standard InChI is InChI=1S/C15H16ClN/c1-9-6-10(2)15(11(3)7-9)12-4-5-13(16)14(17)8-12/h4-8H,17H2,1-3H3. The number of nitrogens with two attached hydrogens (primary N) is 1. The minimum atomic E-state index is 0.608.